The van der Waals surface area contributed by atoms with Gasteiger partial charge in [-0.15, -0.1) is 0 Å². The number of nitrogens with zero attached hydrogens (tertiary/aromatic N) is 4. The van der Waals surface area contributed by atoms with Gasteiger partial charge < -0.3 is 20.3 Å². The van der Waals surface area contributed by atoms with Crippen LogP contribution in [-0.2, 0) is 37.0 Å². The van der Waals surface area contributed by atoms with Crippen molar-refractivity contribution in [2.75, 3.05) is 52.6 Å². The second kappa shape index (κ2) is 16.2. The van der Waals surface area contributed by atoms with Crippen LogP contribution in [-0.4, -0.2) is 81.7 Å². The molecule has 254 valence electrons. The van der Waals surface area contributed by atoms with Crippen molar-refractivity contribution < 1.29 is 13.7 Å². The molecular formula is C37H45ClN6O3S. The van der Waals surface area contributed by atoms with Gasteiger partial charge in [0.25, 0.3) is 5.91 Å². The molecule has 48 heavy (non-hydrogen) atoms. The first kappa shape index (κ1) is 34.3. The monoisotopic (exact) mass is 688 g/mol. The molecule has 0 aliphatic carbocycles. The molecule has 3 heterocycles. The lowest BCUT2D eigenvalue weighted by atomic mass is 9.97. The summed E-state index contributed by atoms with van der Waals surface area (Å²) in [6.45, 7) is 7.54. The van der Waals surface area contributed by atoms with Gasteiger partial charge >= 0.3 is 0 Å². The molecule has 9 nitrogen and oxygen atoms in total. The van der Waals surface area contributed by atoms with E-state index in [1.54, 1.807) is 13.4 Å². The minimum absolute atomic E-state index is 0.134. The molecule has 2 aliphatic rings. The van der Waals surface area contributed by atoms with Crippen LogP contribution < -0.4 is 15.4 Å². The zero-order valence-corrected chi connectivity index (χ0v) is 29.4. The summed E-state index contributed by atoms with van der Waals surface area (Å²) < 4.78 is 21.9. The second-order valence-corrected chi connectivity index (χ2v) is 14.3. The summed E-state index contributed by atoms with van der Waals surface area (Å²) in [5, 5.41) is 12.2. The molecular weight excluding hydrogens is 644 g/mol. The highest BCUT2D eigenvalue weighted by Crippen LogP contribution is 2.36. The molecule has 1 saturated heterocycles. The number of likely N-dealkylation sites (tertiary alicyclic amines) is 1. The van der Waals surface area contributed by atoms with E-state index in [-0.39, 0.29) is 5.91 Å². The highest BCUT2D eigenvalue weighted by atomic mass is 35.5. The maximum Gasteiger partial charge on any atom is 0.251 e. The lowest BCUT2D eigenvalue weighted by Gasteiger charge is -2.25. The zero-order chi connectivity index (χ0) is 33.5. The van der Waals surface area contributed by atoms with Gasteiger partial charge in [-0.2, -0.15) is 5.10 Å². The van der Waals surface area contributed by atoms with E-state index in [9.17, 15) is 9.00 Å². The number of halogens is 1. The summed E-state index contributed by atoms with van der Waals surface area (Å²) in [4.78, 5) is 15.6. The maximum atomic E-state index is 13.1. The van der Waals surface area contributed by atoms with Crippen molar-refractivity contribution in [3.63, 3.8) is 0 Å². The Bertz CT molecular complexity index is 1740. The number of ether oxygens (including phenoxy) is 1. The van der Waals surface area contributed by atoms with E-state index in [0.29, 0.717) is 36.8 Å². The summed E-state index contributed by atoms with van der Waals surface area (Å²) in [6.07, 6.45) is 6.20. The van der Waals surface area contributed by atoms with E-state index in [1.165, 1.54) is 31.6 Å². The summed E-state index contributed by atoms with van der Waals surface area (Å²) >= 11 is 6.79. The number of amides is 1. The fourth-order valence-electron chi connectivity index (χ4n) is 6.62. The van der Waals surface area contributed by atoms with Crippen LogP contribution in [0.1, 0.15) is 46.4 Å². The number of carbonyl (C=O) groups is 1. The smallest absolute Gasteiger partial charge is 0.251 e. The second-order valence-electron chi connectivity index (χ2n) is 12.5. The lowest BCUT2D eigenvalue weighted by molar-refractivity contribution is 0.0954. The van der Waals surface area contributed by atoms with Crippen molar-refractivity contribution in [3.8, 4) is 28.1 Å². The van der Waals surface area contributed by atoms with Crippen LogP contribution in [0.3, 0.4) is 0 Å². The van der Waals surface area contributed by atoms with Gasteiger partial charge in [-0.1, -0.05) is 41.9 Å². The molecule has 2 N–H and O–H groups in total. The summed E-state index contributed by atoms with van der Waals surface area (Å²) in [5.74, 6) is 0.696. The number of aromatic nitrogens is 2. The van der Waals surface area contributed by atoms with Crippen LogP contribution in [0.5, 0.6) is 5.75 Å². The van der Waals surface area contributed by atoms with Crippen molar-refractivity contribution in [2.24, 2.45) is 0 Å². The van der Waals surface area contributed by atoms with Crippen LogP contribution in [0.2, 0.25) is 5.02 Å². The molecule has 1 amide bonds. The van der Waals surface area contributed by atoms with E-state index in [0.717, 1.165) is 71.7 Å². The van der Waals surface area contributed by atoms with E-state index in [2.05, 4.69) is 26.3 Å². The van der Waals surface area contributed by atoms with E-state index >= 15 is 0 Å². The number of nitrogens with one attached hydrogen (secondary N) is 2. The third-order valence-electron chi connectivity index (χ3n) is 9.26. The number of benzene rings is 3. The van der Waals surface area contributed by atoms with Crippen molar-refractivity contribution in [3.05, 3.63) is 94.1 Å². The highest BCUT2D eigenvalue weighted by Gasteiger charge is 2.27. The van der Waals surface area contributed by atoms with Crippen LogP contribution in [0.4, 0.5) is 0 Å². The summed E-state index contributed by atoms with van der Waals surface area (Å²) in [6, 6.07) is 21.5. The van der Waals surface area contributed by atoms with Gasteiger partial charge in [-0.05, 0) is 86.4 Å². The molecule has 1 unspecified atom stereocenters. The van der Waals surface area contributed by atoms with Crippen LogP contribution in [0.15, 0.2) is 66.7 Å². The SMILES string of the molecule is COc1ccc(CNCCNC(=O)c2cccc(-c3cc(-c4nn(CCCN5CCCC5)c5c4CN(S(C)=O)CC5)ccc3Cl)c2)cc1. The van der Waals surface area contributed by atoms with Crippen molar-refractivity contribution in [1.82, 2.24) is 29.6 Å². The quantitative estimate of drug-likeness (QED) is 0.169. The third kappa shape index (κ3) is 8.36. The fourth-order valence-corrected chi connectivity index (χ4v) is 7.50. The highest BCUT2D eigenvalue weighted by molar-refractivity contribution is 7.81. The molecule has 0 saturated carbocycles. The fraction of sp³-hybridized carbons (Fsp3) is 0.405. The minimum Gasteiger partial charge on any atom is -0.497 e. The molecule has 6 rings (SSSR count). The van der Waals surface area contributed by atoms with E-state index in [4.69, 9.17) is 21.4 Å². The first-order valence-corrected chi connectivity index (χ1v) is 18.7. The lowest BCUT2D eigenvalue weighted by Crippen LogP contribution is -2.32. The number of hydrogen-bond donors (Lipinski definition) is 2. The minimum atomic E-state index is -1.06. The number of rotatable bonds is 14. The van der Waals surface area contributed by atoms with Crippen LogP contribution in [0, 0.1) is 0 Å². The van der Waals surface area contributed by atoms with Gasteiger partial charge in [-0.25, -0.2) is 8.51 Å². The molecule has 4 aromatic rings. The topological polar surface area (TPSA) is 91.7 Å². The molecule has 2 aliphatic heterocycles. The zero-order valence-electron chi connectivity index (χ0n) is 27.8. The average Bonchev–Trinajstić information content (AvgIpc) is 3.76. The maximum absolute atomic E-state index is 13.1. The van der Waals surface area contributed by atoms with Crippen molar-refractivity contribution >= 4 is 28.5 Å². The number of hydrogen-bond acceptors (Lipinski definition) is 6. The third-order valence-corrected chi connectivity index (χ3v) is 10.6. The predicted molar refractivity (Wildman–Crippen MR) is 194 cm³/mol. The largest absolute Gasteiger partial charge is 0.497 e. The Labute approximate surface area is 291 Å². The van der Waals surface area contributed by atoms with Gasteiger partial charge in [0, 0.05) is 84.9 Å². The Balaban J connectivity index is 1.15. The number of aryl methyl sites for hydroxylation is 1. The summed E-state index contributed by atoms with van der Waals surface area (Å²) in [5.41, 5.74) is 7.68. The first-order valence-electron chi connectivity index (χ1n) is 16.8. The molecule has 0 bridgehead atoms. The molecule has 3 aromatic carbocycles. The molecule has 1 aromatic heterocycles. The average molecular weight is 689 g/mol. The Morgan fingerprint density at radius 1 is 0.979 bits per heavy atom. The molecule has 0 spiro atoms. The number of methoxy groups -OCH3 is 1. The predicted octanol–water partition coefficient (Wildman–Crippen LogP) is 5.54. The van der Waals surface area contributed by atoms with E-state index in [1.807, 2.05) is 65.0 Å². The Kier molecular flexibility index (Phi) is 11.6. The van der Waals surface area contributed by atoms with Crippen LogP contribution >= 0.6 is 11.6 Å². The Morgan fingerprint density at radius 2 is 1.79 bits per heavy atom. The van der Waals surface area contributed by atoms with Gasteiger partial charge in [-0.3, -0.25) is 9.48 Å². The number of fused-ring (bicyclic) bond motifs is 1. The molecule has 11 heteroatoms. The molecule has 1 atom stereocenters. The van der Waals surface area contributed by atoms with Crippen LogP contribution in [0.25, 0.3) is 22.4 Å². The standard InChI is InChI=1S/C37H45ClN6O3S/c1-47-31-12-9-27(10-13-31)25-39-16-17-40-37(45)30-8-5-7-28(23-30)32-24-29(11-14-34(32)38)36-33-26-43(48(2)46)22-15-35(33)44(41-36)21-6-20-42-18-3-4-19-42/h5,7-14,23-24,39H,3-4,6,15-22,25-26H2,1-2H3,(H,40,45). The Hall–Kier alpha value is -3.54. The van der Waals surface area contributed by atoms with Gasteiger partial charge in [0.05, 0.1) is 23.8 Å². The van der Waals surface area contributed by atoms with Gasteiger partial charge in [0.15, 0.2) is 0 Å². The van der Waals surface area contributed by atoms with Gasteiger partial charge in [0.1, 0.15) is 5.75 Å². The molecule has 0 radical (unpaired) electrons. The van der Waals surface area contributed by atoms with Gasteiger partial charge in [0.2, 0.25) is 0 Å². The van der Waals surface area contributed by atoms with Crippen molar-refractivity contribution in [1.29, 1.82) is 0 Å². The first-order chi connectivity index (χ1) is 23.4. The summed E-state index contributed by atoms with van der Waals surface area (Å²) in [7, 11) is 0.597. The van der Waals surface area contributed by atoms with Crippen molar-refractivity contribution in [2.45, 2.75) is 45.3 Å². The van der Waals surface area contributed by atoms with E-state index < -0.39 is 11.0 Å². The normalized spacial score (nSPS) is 15.7. The Morgan fingerprint density at radius 3 is 2.56 bits per heavy atom. The number of carbonyl (C=O) groups excluding carboxylic acids is 1. The molecule has 1 fully saturated rings.